The number of hydrogen-bond acceptors (Lipinski definition) is 0. The quantitative estimate of drug-likeness (QED) is 0.302. The van der Waals surface area contributed by atoms with Crippen LogP contribution in [0.4, 0.5) is 0 Å². The molecule has 2 heterocycles. The van der Waals surface area contributed by atoms with Gasteiger partial charge in [-0.15, -0.1) is 0 Å². The number of rotatable bonds is 1. The molecule has 0 fully saturated rings. The van der Waals surface area contributed by atoms with Gasteiger partial charge in [-0.25, -0.2) is 0 Å². The van der Waals surface area contributed by atoms with E-state index in [1.54, 1.807) is 0 Å². The Morgan fingerprint density at radius 2 is 1.42 bits per heavy atom. The Labute approximate surface area is 151 Å². The molecule has 0 saturated carbocycles. The lowest BCUT2D eigenvalue weighted by Gasteiger charge is -2.06. The minimum absolute atomic E-state index is 0.542. The highest BCUT2D eigenvalue weighted by atomic mass is 14.9. The summed E-state index contributed by atoms with van der Waals surface area (Å²) < 4.78 is 2.46. The maximum absolute atomic E-state index is 2.46. The third-order valence-electron chi connectivity index (χ3n) is 5.90. The zero-order valence-corrected chi connectivity index (χ0v) is 15.0. The molecular formula is C25H19N. The van der Waals surface area contributed by atoms with Gasteiger partial charge in [0.05, 0.1) is 16.6 Å². The van der Waals surface area contributed by atoms with Crippen LogP contribution in [0.1, 0.15) is 25.3 Å². The summed E-state index contributed by atoms with van der Waals surface area (Å²) in [6, 6.07) is 27.0. The molecule has 0 atom stereocenters. The van der Waals surface area contributed by atoms with Crippen molar-refractivity contribution in [2.45, 2.75) is 19.8 Å². The van der Waals surface area contributed by atoms with Gasteiger partial charge in [0.1, 0.15) is 0 Å². The van der Waals surface area contributed by atoms with E-state index in [0.717, 1.165) is 0 Å². The van der Waals surface area contributed by atoms with Crippen molar-refractivity contribution in [3.8, 4) is 0 Å². The maximum Gasteiger partial charge on any atom is 0.0620 e. The monoisotopic (exact) mass is 333 g/mol. The molecule has 0 radical (unpaired) electrons. The molecule has 6 aromatic rings. The van der Waals surface area contributed by atoms with Gasteiger partial charge in [0.2, 0.25) is 0 Å². The van der Waals surface area contributed by atoms with Crippen molar-refractivity contribution in [3.05, 3.63) is 78.4 Å². The fourth-order valence-corrected chi connectivity index (χ4v) is 4.63. The lowest BCUT2D eigenvalue weighted by atomic mass is 9.99. The van der Waals surface area contributed by atoms with Gasteiger partial charge in [-0.2, -0.15) is 0 Å². The van der Waals surface area contributed by atoms with Gasteiger partial charge in [-0.1, -0.05) is 68.4 Å². The molecule has 26 heavy (non-hydrogen) atoms. The van der Waals surface area contributed by atoms with Crippen LogP contribution in [0.2, 0.25) is 0 Å². The van der Waals surface area contributed by atoms with Gasteiger partial charge in [0, 0.05) is 21.5 Å². The molecule has 0 N–H and O–H groups in total. The summed E-state index contributed by atoms with van der Waals surface area (Å²) in [5.74, 6) is 0.542. The summed E-state index contributed by atoms with van der Waals surface area (Å²) in [5, 5.41) is 8.11. The first-order chi connectivity index (χ1) is 12.7. The number of para-hydroxylation sites is 1. The normalized spacial score (nSPS) is 12.6. The summed E-state index contributed by atoms with van der Waals surface area (Å²) in [7, 11) is 0. The highest BCUT2D eigenvalue weighted by molar-refractivity contribution is 6.28. The Morgan fingerprint density at radius 3 is 2.31 bits per heavy atom. The van der Waals surface area contributed by atoms with Gasteiger partial charge in [0.15, 0.2) is 0 Å². The number of aromatic nitrogens is 1. The number of nitrogens with zero attached hydrogens (tertiary/aromatic N) is 1. The van der Waals surface area contributed by atoms with E-state index in [4.69, 9.17) is 0 Å². The van der Waals surface area contributed by atoms with Gasteiger partial charge in [-0.3, -0.25) is 0 Å². The Balaban J connectivity index is 1.93. The van der Waals surface area contributed by atoms with Crippen molar-refractivity contribution in [2.24, 2.45) is 0 Å². The predicted molar refractivity (Wildman–Crippen MR) is 113 cm³/mol. The van der Waals surface area contributed by atoms with Gasteiger partial charge >= 0.3 is 0 Å². The molecule has 0 saturated heterocycles. The molecule has 124 valence electrons. The van der Waals surface area contributed by atoms with Crippen molar-refractivity contribution >= 4 is 48.9 Å². The second-order valence-electron chi connectivity index (χ2n) is 7.65. The molecule has 4 aromatic carbocycles. The molecule has 0 aliphatic rings. The van der Waals surface area contributed by atoms with Crippen molar-refractivity contribution in [2.75, 3.05) is 0 Å². The van der Waals surface area contributed by atoms with Gasteiger partial charge < -0.3 is 4.40 Å². The molecule has 6 rings (SSSR count). The number of hydrogen-bond donors (Lipinski definition) is 0. The largest absolute Gasteiger partial charge is 0.308 e. The van der Waals surface area contributed by atoms with Crippen molar-refractivity contribution in [3.63, 3.8) is 0 Å². The van der Waals surface area contributed by atoms with Crippen LogP contribution in [0.5, 0.6) is 0 Å². The lowest BCUT2D eigenvalue weighted by Crippen LogP contribution is -1.87. The van der Waals surface area contributed by atoms with Crippen LogP contribution < -0.4 is 0 Å². The Kier molecular flexibility index (Phi) is 2.59. The van der Waals surface area contributed by atoms with E-state index in [9.17, 15) is 0 Å². The number of fused-ring (bicyclic) bond motifs is 8. The molecule has 0 unspecified atom stereocenters. The molecule has 0 amide bonds. The summed E-state index contributed by atoms with van der Waals surface area (Å²) in [4.78, 5) is 0. The smallest absolute Gasteiger partial charge is 0.0620 e. The van der Waals surface area contributed by atoms with E-state index in [1.165, 1.54) is 54.4 Å². The van der Waals surface area contributed by atoms with Crippen molar-refractivity contribution in [1.29, 1.82) is 0 Å². The van der Waals surface area contributed by atoms with Crippen LogP contribution in [-0.2, 0) is 0 Å². The average Bonchev–Trinajstić information content (AvgIpc) is 3.19. The molecule has 1 heteroatoms. The molecule has 0 bridgehead atoms. The topological polar surface area (TPSA) is 4.41 Å². The van der Waals surface area contributed by atoms with Crippen LogP contribution in [0.3, 0.4) is 0 Å². The summed E-state index contributed by atoms with van der Waals surface area (Å²) in [5.41, 5.74) is 5.38. The third-order valence-corrected chi connectivity index (χ3v) is 5.90. The van der Waals surface area contributed by atoms with Gasteiger partial charge in [-0.05, 0) is 40.5 Å². The highest BCUT2D eigenvalue weighted by Gasteiger charge is 2.18. The van der Waals surface area contributed by atoms with E-state index in [1.807, 2.05) is 0 Å². The lowest BCUT2D eigenvalue weighted by molar-refractivity contribution is 0.869. The number of benzene rings is 4. The van der Waals surface area contributed by atoms with Crippen LogP contribution in [0.25, 0.3) is 48.9 Å². The Morgan fingerprint density at radius 1 is 0.654 bits per heavy atom. The third kappa shape index (κ3) is 1.61. The Hall–Kier alpha value is -3.06. The van der Waals surface area contributed by atoms with E-state index < -0.39 is 0 Å². The minimum atomic E-state index is 0.542. The zero-order valence-electron chi connectivity index (χ0n) is 15.0. The zero-order chi connectivity index (χ0) is 17.4. The van der Waals surface area contributed by atoms with Crippen LogP contribution in [0.15, 0.2) is 72.8 Å². The summed E-state index contributed by atoms with van der Waals surface area (Å²) in [6.45, 7) is 4.53. The SMILES string of the molecule is CC(C)c1ccc2c(c1)c1cccc3c4c5ccccc5ccc4n2c13. The maximum atomic E-state index is 2.46. The highest BCUT2D eigenvalue weighted by Crippen LogP contribution is 2.41. The average molecular weight is 333 g/mol. The van der Waals surface area contributed by atoms with E-state index in [0.29, 0.717) is 5.92 Å². The first kappa shape index (κ1) is 14.1. The molecular weight excluding hydrogens is 314 g/mol. The van der Waals surface area contributed by atoms with Crippen LogP contribution in [-0.4, -0.2) is 4.40 Å². The van der Waals surface area contributed by atoms with Crippen LogP contribution in [0, 0.1) is 0 Å². The molecule has 1 nitrogen and oxygen atoms in total. The fourth-order valence-electron chi connectivity index (χ4n) is 4.63. The van der Waals surface area contributed by atoms with Crippen molar-refractivity contribution in [1.82, 2.24) is 4.40 Å². The molecule has 0 aliphatic carbocycles. The van der Waals surface area contributed by atoms with Gasteiger partial charge in [0.25, 0.3) is 0 Å². The predicted octanol–water partition coefficient (Wildman–Crippen LogP) is 7.11. The van der Waals surface area contributed by atoms with E-state index in [2.05, 4.69) is 91.0 Å². The second-order valence-corrected chi connectivity index (χ2v) is 7.65. The van der Waals surface area contributed by atoms with Crippen LogP contribution >= 0.6 is 0 Å². The summed E-state index contributed by atoms with van der Waals surface area (Å²) >= 11 is 0. The summed E-state index contributed by atoms with van der Waals surface area (Å²) in [6.07, 6.45) is 0. The fraction of sp³-hybridized carbons (Fsp3) is 0.120. The molecule has 2 aromatic heterocycles. The standard InChI is InChI=1S/C25H19N/c1-15(2)17-11-12-22-21(14-17)19-8-5-9-20-24-18-7-4-3-6-16(18)10-13-23(24)26(22)25(19)20/h3-15H,1-2H3. The first-order valence-electron chi connectivity index (χ1n) is 9.33. The second kappa shape index (κ2) is 4.76. The molecule has 0 aliphatic heterocycles. The van der Waals surface area contributed by atoms with Crippen molar-refractivity contribution < 1.29 is 0 Å². The first-order valence-corrected chi connectivity index (χ1v) is 9.33. The van der Waals surface area contributed by atoms with E-state index in [-0.39, 0.29) is 0 Å². The van der Waals surface area contributed by atoms with E-state index >= 15 is 0 Å². The molecule has 0 spiro atoms. The minimum Gasteiger partial charge on any atom is -0.308 e. The Bertz CT molecular complexity index is 1450.